The van der Waals surface area contributed by atoms with Crippen molar-refractivity contribution in [3.8, 4) is 5.75 Å². The molecule has 32 heavy (non-hydrogen) atoms. The number of sulfonamides is 1. The van der Waals surface area contributed by atoms with Gasteiger partial charge in [0.1, 0.15) is 5.75 Å². The van der Waals surface area contributed by atoms with Crippen LogP contribution in [0.2, 0.25) is 0 Å². The van der Waals surface area contributed by atoms with Gasteiger partial charge in [-0.05, 0) is 69.4 Å². The number of para-hydroxylation sites is 1. The van der Waals surface area contributed by atoms with Crippen LogP contribution in [0.1, 0.15) is 70.3 Å². The third kappa shape index (κ3) is 5.01. The van der Waals surface area contributed by atoms with Crippen molar-refractivity contribution in [2.75, 3.05) is 19.8 Å². The SMILES string of the molecule is CCC(C)S(=O)(=O)/N=C1\CCCN2C(=O)COc3ccccc3C3CCC(CC3)OC[C@@H]12. The minimum absolute atomic E-state index is 0.0744. The van der Waals surface area contributed by atoms with Gasteiger partial charge in [0.15, 0.2) is 6.61 Å². The van der Waals surface area contributed by atoms with Gasteiger partial charge in [-0.3, -0.25) is 4.79 Å². The molecule has 1 saturated heterocycles. The number of benzene rings is 1. The van der Waals surface area contributed by atoms with Gasteiger partial charge in [0.05, 0.1) is 29.7 Å². The highest BCUT2D eigenvalue weighted by Gasteiger charge is 2.35. The molecule has 1 aliphatic carbocycles. The topological polar surface area (TPSA) is 85.3 Å². The molecule has 1 saturated carbocycles. The standard InChI is InChI=1S/C24H34N2O5S/c1-3-17(2)32(28,29)25-21-8-6-14-26-22(21)15-30-19-12-10-18(11-13-19)20-7-4-5-9-23(20)31-16-24(26)27/h4-5,7,9,17-19,22H,3,6,8,10-16H2,1-2H3/b25-21+/t17?,18?,19?,22-/m0/s1. The maximum absolute atomic E-state index is 13.2. The third-order valence-corrected chi connectivity index (χ3v) is 8.95. The van der Waals surface area contributed by atoms with Gasteiger partial charge >= 0.3 is 0 Å². The summed E-state index contributed by atoms with van der Waals surface area (Å²) in [7, 11) is -3.62. The van der Waals surface area contributed by atoms with E-state index in [1.165, 1.54) is 0 Å². The Bertz CT molecular complexity index is 953. The Balaban J connectivity index is 1.65. The van der Waals surface area contributed by atoms with Crippen LogP contribution in [0.4, 0.5) is 0 Å². The highest BCUT2D eigenvalue weighted by atomic mass is 32.2. The average molecular weight is 463 g/mol. The van der Waals surface area contributed by atoms with Crippen LogP contribution in [0.25, 0.3) is 0 Å². The first kappa shape index (κ1) is 23.2. The summed E-state index contributed by atoms with van der Waals surface area (Å²) in [5.74, 6) is 1.02. The molecular weight excluding hydrogens is 428 g/mol. The summed E-state index contributed by atoms with van der Waals surface area (Å²) in [6.07, 6.45) is 5.76. The smallest absolute Gasteiger partial charge is 0.261 e. The van der Waals surface area contributed by atoms with E-state index >= 15 is 0 Å². The van der Waals surface area contributed by atoms with Crippen LogP contribution in [0.3, 0.4) is 0 Å². The molecule has 1 unspecified atom stereocenters. The average Bonchev–Trinajstić information content (AvgIpc) is 2.82. The Hall–Kier alpha value is -1.93. The number of carbonyl (C=O) groups is 1. The van der Waals surface area contributed by atoms with Crippen molar-refractivity contribution >= 4 is 21.6 Å². The fourth-order valence-electron chi connectivity index (χ4n) is 4.93. The molecule has 2 bridgehead atoms. The number of fused-ring (bicyclic) bond motifs is 5. The molecule has 1 amide bonds. The van der Waals surface area contributed by atoms with Crippen molar-refractivity contribution in [3.63, 3.8) is 0 Å². The van der Waals surface area contributed by atoms with Crippen molar-refractivity contribution in [1.29, 1.82) is 0 Å². The van der Waals surface area contributed by atoms with E-state index in [-0.39, 0.29) is 25.2 Å². The van der Waals surface area contributed by atoms with Crippen molar-refractivity contribution in [3.05, 3.63) is 29.8 Å². The van der Waals surface area contributed by atoms with E-state index in [1.54, 1.807) is 11.8 Å². The first-order valence-corrected chi connectivity index (χ1v) is 13.3. The van der Waals surface area contributed by atoms with E-state index in [0.29, 0.717) is 37.4 Å². The molecule has 2 atom stereocenters. The summed E-state index contributed by atoms with van der Waals surface area (Å²) >= 11 is 0. The Morgan fingerprint density at radius 3 is 2.69 bits per heavy atom. The maximum atomic E-state index is 13.2. The second-order valence-electron chi connectivity index (χ2n) is 9.16. The number of rotatable bonds is 3. The Kier molecular flexibility index (Phi) is 7.20. The first-order valence-electron chi connectivity index (χ1n) is 11.8. The van der Waals surface area contributed by atoms with Crippen LogP contribution in [0.5, 0.6) is 5.75 Å². The lowest BCUT2D eigenvalue weighted by atomic mass is 9.82. The summed E-state index contributed by atoms with van der Waals surface area (Å²) in [4.78, 5) is 14.9. The predicted octanol–water partition coefficient (Wildman–Crippen LogP) is 3.68. The second-order valence-corrected chi connectivity index (χ2v) is 11.2. The lowest BCUT2D eigenvalue weighted by Gasteiger charge is -2.37. The molecule has 176 valence electrons. The molecular formula is C24H34N2O5S. The predicted molar refractivity (Wildman–Crippen MR) is 124 cm³/mol. The molecule has 0 spiro atoms. The number of carbonyl (C=O) groups excluding carboxylic acids is 1. The van der Waals surface area contributed by atoms with Crippen LogP contribution < -0.4 is 4.74 Å². The van der Waals surface area contributed by atoms with E-state index in [1.807, 2.05) is 25.1 Å². The molecule has 0 aromatic heterocycles. The van der Waals surface area contributed by atoms with Crippen LogP contribution >= 0.6 is 0 Å². The number of ether oxygens (including phenoxy) is 2. The molecule has 2 fully saturated rings. The molecule has 4 aliphatic rings. The van der Waals surface area contributed by atoms with E-state index in [2.05, 4.69) is 10.5 Å². The number of hydrogen-bond donors (Lipinski definition) is 0. The normalized spacial score (nSPS) is 29.2. The third-order valence-electron chi connectivity index (χ3n) is 7.12. The number of nitrogens with zero attached hydrogens (tertiary/aromatic N) is 2. The molecule has 1 aromatic rings. The highest BCUT2D eigenvalue weighted by Crippen LogP contribution is 2.38. The maximum Gasteiger partial charge on any atom is 0.261 e. The van der Waals surface area contributed by atoms with Gasteiger partial charge < -0.3 is 14.4 Å². The minimum atomic E-state index is -3.62. The van der Waals surface area contributed by atoms with Gasteiger partial charge in [0.25, 0.3) is 15.9 Å². The van der Waals surface area contributed by atoms with Crippen molar-refractivity contribution in [1.82, 2.24) is 4.90 Å². The van der Waals surface area contributed by atoms with Gasteiger partial charge in [0.2, 0.25) is 0 Å². The Morgan fingerprint density at radius 1 is 1.19 bits per heavy atom. The Labute approximate surface area is 191 Å². The van der Waals surface area contributed by atoms with Gasteiger partial charge in [-0.1, -0.05) is 25.1 Å². The minimum Gasteiger partial charge on any atom is -0.483 e. The molecule has 3 heterocycles. The van der Waals surface area contributed by atoms with Crippen molar-refractivity contribution in [2.45, 2.75) is 82.1 Å². The van der Waals surface area contributed by atoms with E-state index in [4.69, 9.17) is 9.47 Å². The lowest BCUT2D eigenvalue weighted by molar-refractivity contribution is -0.136. The quantitative estimate of drug-likeness (QED) is 0.684. The van der Waals surface area contributed by atoms with E-state index in [0.717, 1.165) is 37.0 Å². The van der Waals surface area contributed by atoms with Crippen LogP contribution in [-0.2, 0) is 19.6 Å². The zero-order valence-corrected chi connectivity index (χ0v) is 19.9. The molecule has 0 N–H and O–H groups in total. The van der Waals surface area contributed by atoms with Gasteiger partial charge in [0, 0.05) is 6.54 Å². The zero-order valence-electron chi connectivity index (χ0n) is 19.0. The largest absolute Gasteiger partial charge is 0.483 e. The zero-order chi connectivity index (χ0) is 22.7. The van der Waals surface area contributed by atoms with Gasteiger partial charge in [-0.25, -0.2) is 8.42 Å². The van der Waals surface area contributed by atoms with E-state index < -0.39 is 21.3 Å². The monoisotopic (exact) mass is 462 g/mol. The van der Waals surface area contributed by atoms with Crippen molar-refractivity contribution in [2.24, 2.45) is 4.40 Å². The number of hydrogen-bond acceptors (Lipinski definition) is 5. The van der Waals surface area contributed by atoms with Gasteiger partial charge in [-0.15, -0.1) is 0 Å². The van der Waals surface area contributed by atoms with Gasteiger partial charge in [-0.2, -0.15) is 4.40 Å². The molecule has 7 nitrogen and oxygen atoms in total. The molecule has 3 aliphatic heterocycles. The van der Waals surface area contributed by atoms with Crippen LogP contribution in [-0.4, -0.2) is 62.1 Å². The number of amides is 1. The number of piperidine rings is 1. The lowest BCUT2D eigenvalue weighted by Crippen LogP contribution is -2.53. The second kappa shape index (κ2) is 9.91. The fraction of sp³-hybridized carbons (Fsp3) is 0.667. The van der Waals surface area contributed by atoms with E-state index in [9.17, 15) is 13.2 Å². The fourth-order valence-corrected chi connectivity index (χ4v) is 6.07. The molecule has 8 heteroatoms. The van der Waals surface area contributed by atoms with Crippen molar-refractivity contribution < 1.29 is 22.7 Å². The highest BCUT2D eigenvalue weighted by molar-refractivity contribution is 7.90. The molecule has 5 rings (SSSR count). The van der Waals surface area contributed by atoms with Crippen LogP contribution in [0, 0.1) is 0 Å². The summed E-state index contributed by atoms with van der Waals surface area (Å²) in [6, 6.07) is 7.52. The summed E-state index contributed by atoms with van der Waals surface area (Å²) < 4.78 is 41.9. The summed E-state index contributed by atoms with van der Waals surface area (Å²) in [5.41, 5.74) is 1.70. The molecule has 1 aromatic carbocycles. The van der Waals surface area contributed by atoms with Crippen LogP contribution in [0.15, 0.2) is 28.7 Å². The first-order chi connectivity index (χ1) is 15.4. The Morgan fingerprint density at radius 2 is 1.94 bits per heavy atom. The summed E-state index contributed by atoms with van der Waals surface area (Å²) in [5, 5.41) is -0.549. The summed E-state index contributed by atoms with van der Waals surface area (Å²) in [6.45, 7) is 4.27. The molecule has 0 radical (unpaired) electrons.